The van der Waals surface area contributed by atoms with E-state index in [4.69, 9.17) is 15.6 Å². The molecule has 0 saturated carbocycles. The van der Waals surface area contributed by atoms with E-state index < -0.39 is 11.7 Å². The molecule has 8 nitrogen and oxygen atoms in total. The average molecular weight is 281 g/mol. The van der Waals surface area contributed by atoms with E-state index in [0.29, 0.717) is 30.0 Å². The standard InChI is InChI=1S/C7H14O3.C5H5N5/c1-5(8)6-3-7(2,9)4-10-6;6-4-3-5(9-1-7-3)10-2-8-4/h5-6,8-9H,3-4H2,1-2H3;1-2H,(H3,6,7,8,9,10)/t5-,6?,7+;/m1./s1. The number of nitrogens with zero attached hydrogens (tertiary/aromatic N) is 3. The molecule has 0 bridgehead atoms. The van der Waals surface area contributed by atoms with Crippen LogP contribution in [0.3, 0.4) is 0 Å². The number of ether oxygens (including phenoxy) is 1. The van der Waals surface area contributed by atoms with Gasteiger partial charge in [-0.15, -0.1) is 0 Å². The highest BCUT2D eigenvalue weighted by Gasteiger charge is 2.36. The Hall–Kier alpha value is -1.77. The van der Waals surface area contributed by atoms with Crippen LogP contribution in [0.4, 0.5) is 5.82 Å². The predicted molar refractivity (Wildman–Crippen MR) is 72.8 cm³/mol. The molecule has 2 aromatic heterocycles. The number of H-pyrrole nitrogens is 1. The summed E-state index contributed by atoms with van der Waals surface area (Å²) in [4.78, 5) is 14.4. The molecule has 0 spiro atoms. The van der Waals surface area contributed by atoms with Crippen LogP contribution < -0.4 is 5.73 Å². The maximum absolute atomic E-state index is 9.38. The number of anilines is 1. The van der Waals surface area contributed by atoms with Crippen LogP contribution in [0.15, 0.2) is 12.7 Å². The molecule has 1 aliphatic heterocycles. The molecule has 3 heterocycles. The van der Waals surface area contributed by atoms with Gasteiger partial charge >= 0.3 is 0 Å². The maximum Gasteiger partial charge on any atom is 0.182 e. The Balaban J connectivity index is 0.000000147. The summed E-state index contributed by atoms with van der Waals surface area (Å²) in [6.45, 7) is 3.73. The lowest BCUT2D eigenvalue weighted by atomic mass is 10.0. The number of rotatable bonds is 1. The van der Waals surface area contributed by atoms with E-state index in [1.807, 2.05) is 0 Å². The Morgan fingerprint density at radius 2 is 2.25 bits per heavy atom. The summed E-state index contributed by atoms with van der Waals surface area (Å²) in [5.74, 6) is 0.433. The third kappa shape index (κ3) is 3.41. The molecule has 1 aliphatic rings. The molecule has 8 heteroatoms. The topological polar surface area (TPSA) is 130 Å². The van der Waals surface area contributed by atoms with Gasteiger partial charge < -0.3 is 25.7 Å². The largest absolute Gasteiger partial charge is 0.391 e. The number of nitrogen functional groups attached to an aromatic ring is 1. The predicted octanol–water partition coefficient (Wildman–Crippen LogP) is -0.158. The van der Waals surface area contributed by atoms with Crippen molar-refractivity contribution in [1.82, 2.24) is 19.9 Å². The molecule has 0 aromatic carbocycles. The van der Waals surface area contributed by atoms with Crippen LogP contribution in [0.5, 0.6) is 0 Å². The van der Waals surface area contributed by atoms with Crippen LogP contribution in [0, 0.1) is 0 Å². The second-order valence-electron chi connectivity index (χ2n) is 5.15. The first-order valence-electron chi connectivity index (χ1n) is 6.30. The van der Waals surface area contributed by atoms with Crippen LogP contribution in [0.2, 0.25) is 0 Å². The fraction of sp³-hybridized carbons (Fsp3) is 0.583. The first kappa shape index (κ1) is 14.6. The Labute approximate surface area is 116 Å². The van der Waals surface area contributed by atoms with Gasteiger partial charge in [0, 0.05) is 6.42 Å². The number of aromatic nitrogens is 4. The molecule has 1 unspecified atom stereocenters. The quantitative estimate of drug-likeness (QED) is 0.571. The molecule has 1 saturated heterocycles. The zero-order valence-corrected chi connectivity index (χ0v) is 11.4. The number of hydrogen-bond acceptors (Lipinski definition) is 7. The second kappa shape index (κ2) is 5.70. The summed E-state index contributed by atoms with van der Waals surface area (Å²) >= 11 is 0. The van der Waals surface area contributed by atoms with E-state index >= 15 is 0 Å². The minimum absolute atomic E-state index is 0.185. The zero-order valence-electron chi connectivity index (χ0n) is 11.4. The summed E-state index contributed by atoms with van der Waals surface area (Å²) < 4.78 is 5.13. The van der Waals surface area contributed by atoms with Crippen molar-refractivity contribution in [2.45, 2.75) is 38.1 Å². The minimum Gasteiger partial charge on any atom is -0.391 e. The lowest BCUT2D eigenvalue weighted by molar-refractivity contribution is -0.000718. The Bertz CT molecular complexity index is 569. The van der Waals surface area contributed by atoms with Crippen LogP contribution >= 0.6 is 0 Å². The highest BCUT2D eigenvalue weighted by atomic mass is 16.5. The number of hydrogen-bond donors (Lipinski definition) is 4. The monoisotopic (exact) mass is 281 g/mol. The van der Waals surface area contributed by atoms with Gasteiger partial charge in [0.2, 0.25) is 0 Å². The Morgan fingerprint density at radius 3 is 2.75 bits per heavy atom. The van der Waals surface area contributed by atoms with Gasteiger partial charge in [0.15, 0.2) is 11.5 Å². The lowest BCUT2D eigenvalue weighted by Crippen LogP contribution is -2.26. The zero-order chi connectivity index (χ0) is 14.8. The molecule has 2 aromatic rings. The first-order chi connectivity index (χ1) is 9.39. The summed E-state index contributed by atoms with van der Waals surface area (Å²) in [5.41, 5.74) is 6.04. The fourth-order valence-corrected chi connectivity index (χ4v) is 1.93. The fourth-order valence-electron chi connectivity index (χ4n) is 1.93. The second-order valence-corrected chi connectivity index (χ2v) is 5.15. The number of fused-ring (bicyclic) bond motifs is 1. The maximum atomic E-state index is 9.38. The van der Waals surface area contributed by atoms with E-state index in [1.165, 1.54) is 12.7 Å². The average Bonchev–Trinajstić information content (AvgIpc) is 2.97. The number of nitrogens with one attached hydrogen (secondary N) is 1. The molecule has 0 aliphatic carbocycles. The third-order valence-corrected chi connectivity index (χ3v) is 3.04. The van der Waals surface area contributed by atoms with E-state index in [9.17, 15) is 5.11 Å². The summed E-state index contributed by atoms with van der Waals surface area (Å²) in [6, 6.07) is 0. The van der Waals surface area contributed by atoms with Crippen molar-refractivity contribution in [1.29, 1.82) is 0 Å². The van der Waals surface area contributed by atoms with Gasteiger partial charge in [-0.25, -0.2) is 15.0 Å². The van der Waals surface area contributed by atoms with Crippen molar-refractivity contribution in [3.8, 4) is 0 Å². The van der Waals surface area contributed by atoms with Crippen molar-refractivity contribution < 1.29 is 14.9 Å². The Kier molecular flexibility index (Phi) is 4.17. The molecule has 5 N–H and O–H groups in total. The van der Waals surface area contributed by atoms with Crippen molar-refractivity contribution >= 4 is 17.0 Å². The number of imidazole rings is 1. The Morgan fingerprint density at radius 1 is 1.50 bits per heavy atom. The van der Waals surface area contributed by atoms with Crippen LogP contribution in [0.25, 0.3) is 11.2 Å². The molecule has 0 radical (unpaired) electrons. The molecule has 3 rings (SSSR count). The van der Waals surface area contributed by atoms with E-state index in [2.05, 4.69) is 19.9 Å². The van der Waals surface area contributed by atoms with Crippen molar-refractivity contribution in [3.63, 3.8) is 0 Å². The highest BCUT2D eigenvalue weighted by Crippen LogP contribution is 2.24. The lowest BCUT2D eigenvalue weighted by Gasteiger charge is -2.14. The normalized spacial score (nSPS) is 27.1. The van der Waals surface area contributed by atoms with Gasteiger partial charge in [0.05, 0.1) is 30.7 Å². The van der Waals surface area contributed by atoms with E-state index in [1.54, 1.807) is 13.8 Å². The minimum atomic E-state index is -0.734. The van der Waals surface area contributed by atoms with Gasteiger partial charge in [-0.1, -0.05) is 0 Å². The molecule has 1 fully saturated rings. The van der Waals surface area contributed by atoms with Gasteiger partial charge in [-0.3, -0.25) is 0 Å². The van der Waals surface area contributed by atoms with Crippen LogP contribution in [-0.2, 0) is 4.74 Å². The molecule has 110 valence electrons. The van der Waals surface area contributed by atoms with Crippen LogP contribution in [-0.4, -0.2) is 54.6 Å². The van der Waals surface area contributed by atoms with E-state index in [0.717, 1.165) is 0 Å². The van der Waals surface area contributed by atoms with Crippen LogP contribution in [0.1, 0.15) is 20.3 Å². The summed E-state index contributed by atoms with van der Waals surface area (Å²) in [5, 5.41) is 18.4. The SMILES string of the molecule is C[C@@H](O)C1C[C@](C)(O)CO1.Nc1ncnc2nc[nH]c12. The first-order valence-corrected chi connectivity index (χ1v) is 6.30. The number of aromatic amines is 1. The van der Waals surface area contributed by atoms with Gasteiger partial charge in [0.25, 0.3) is 0 Å². The van der Waals surface area contributed by atoms with Gasteiger partial charge in [-0.2, -0.15) is 0 Å². The number of nitrogens with two attached hydrogens (primary N) is 1. The number of aliphatic hydroxyl groups is 2. The molecule has 3 atom stereocenters. The van der Waals surface area contributed by atoms with Gasteiger partial charge in [0.1, 0.15) is 11.8 Å². The van der Waals surface area contributed by atoms with E-state index in [-0.39, 0.29) is 6.10 Å². The smallest absolute Gasteiger partial charge is 0.182 e. The number of aliphatic hydroxyl groups excluding tert-OH is 1. The van der Waals surface area contributed by atoms with Gasteiger partial charge in [-0.05, 0) is 13.8 Å². The molecular weight excluding hydrogens is 262 g/mol. The van der Waals surface area contributed by atoms with Crippen molar-refractivity contribution in [3.05, 3.63) is 12.7 Å². The molecule has 0 amide bonds. The van der Waals surface area contributed by atoms with Crippen molar-refractivity contribution in [2.24, 2.45) is 0 Å². The molecule has 20 heavy (non-hydrogen) atoms. The molecular formula is C12H19N5O3. The highest BCUT2D eigenvalue weighted by molar-refractivity contribution is 5.80. The summed E-state index contributed by atoms with van der Waals surface area (Å²) in [7, 11) is 0. The third-order valence-electron chi connectivity index (χ3n) is 3.04. The summed E-state index contributed by atoms with van der Waals surface area (Å²) in [6.07, 6.45) is 2.79. The van der Waals surface area contributed by atoms with Crippen molar-refractivity contribution in [2.75, 3.05) is 12.3 Å².